The van der Waals surface area contributed by atoms with Gasteiger partial charge in [-0.3, -0.25) is 0 Å². The third-order valence-corrected chi connectivity index (χ3v) is 10.0. The molecule has 0 aliphatic carbocycles. The highest BCUT2D eigenvalue weighted by molar-refractivity contribution is 6.31. The predicted molar refractivity (Wildman–Crippen MR) is 212 cm³/mol. The molecule has 0 atom stereocenters. The maximum Gasteiger partial charge on any atom is 0.159 e. The number of benzene rings is 9. The van der Waals surface area contributed by atoms with E-state index in [-0.39, 0.29) is 0 Å². The first kappa shape index (κ1) is 28.4. The summed E-state index contributed by atoms with van der Waals surface area (Å²) in [5.74, 6) is 0. The molecule has 0 saturated carbocycles. The van der Waals surface area contributed by atoms with Gasteiger partial charge in [-0.1, -0.05) is 152 Å². The Bertz CT molecular complexity index is 2850. The maximum absolute atomic E-state index is 7.16. The minimum Gasteiger partial charge on any atom is -0.453 e. The lowest BCUT2D eigenvalue weighted by atomic mass is 9.95. The summed E-state index contributed by atoms with van der Waals surface area (Å²) >= 11 is 0. The Kier molecular flexibility index (Phi) is 6.53. The van der Waals surface area contributed by atoms with Crippen molar-refractivity contribution >= 4 is 71.3 Å². The van der Waals surface area contributed by atoms with E-state index in [9.17, 15) is 0 Å². The zero-order valence-corrected chi connectivity index (χ0v) is 27.3. The molecule has 234 valence electrons. The first-order chi connectivity index (χ1) is 24.8. The summed E-state index contributed by atoms with van der Waals surface area (Å²) in [6.45, 7) is 0. The summed E-state index contributed by atoms with van der Waals surface area (Å²) in [7, 11) is 0. The monoisotopic (exact) mass is 637 g/mol. The Labute approximate surface area is 290 Å². The third kappa shape index (κ3) is 4.57. The summed E-state index contributed by atoms with van der Waals surface area (Å²) in [5, 5.41) is 9.38. The van der Waals surface area contributed by atoms with Crippen LogP contribution >= 0.6 is 0 Å². The van der Waals surface area contributed by atoms with Crippen molar-refractivity contribution in [3.05, 3.63) is 188 Å². The highest BCUT2D eigenvalue weighted by Crippen LogP contribution is 2.48. The standard InChI is InChI=1S/C48H31NO/c1-3-13-32(14-4-1)35-23-26-38(27-24-35)49(39-28-25-34-17-7-8-18-36(34)29-39)45-31-37(33-15-5-2-6-16-33)30-44-46-42-21-11-9-19-40(42)41-20-10-12-22-43(41)48(46)50-47(44)45/h1-31H. The highest BCUT2D eigenvalue weighted by Gasteiger charge is 2.24. The number of rotatable bonds is 5. The molecule has 0 fully saturated rings. The fraction of sp³-hybridized carbons (Fsp3) is 0. The molecule has 0 aliphatic heterocycles. The lowest BCUT2D eigenvalue weighted by Crippen LogP contribution is -2.10. The average molecular weight is 638 g/mol. The van der Waals surface area contributed by atoms with Gasteiger partial charge in [-0.2, -0.15) is 0 Å². The van der Waals surface area contributed by atoms with Crippen molar-refractivity contribution in [2.24, 2.45) is 0 Å². The molecule has 0 amide bonds. The largest absolute Gasteiger partial charge is 0.453 e. The van der Waals surface area contributed by atoms with E-state index in [0.29, 0.717) is 0 Å². The Balaban J connectivity index is 1.32. The van der Waals surface area contributed by atoms with Gasteiger partial charge in [-0.05, 0) is 85.6 Å². The number of fused-ring (bicyclic) bond motifs is 9. The van der Waals surface area contributed by atoms with Crippen molar-refractivity contribution in [2.75, 3.05) is 4.90 Å². The lowest BCUT2D eigenvalue weighted by Gasteiger charge is -2.27. The second kappa shape index (κ2) is 11.5. The summed E-state index contributed by atoms with van der Waals surface area (Å²) in [6.07, 6.45) is 0. The molecular weight excluding hydrogens is 607 g/mol. The quantitative estimate of drug-likeness (QED) is 0.175. The summed E-state index contributed by atoms with van der Waals surface area (Å²) in [4.78, 5) is 2.36. The molecule has 1 aromatic heterocycles. The average Bonchev–Trinajstić information content (AvgIpc) is 3.59. The van der Waals surface area contributed by atoms with Crippen LogP contribution in [0.5, 0.6) is 0 Å². The van der Waals surface area contributed by atoms with Crippen LogP contribution in [0.4, 0.5) is 17.1 Å². The van der Waals surface area contributed by atoms with E-state index in [2.05, 4.69) is 193 Å². The Hall–Kier alpha value is -6.64. The number of nitrogens with zero attached hydrogens (tertiary/aromatic N) is 1. The van der Waals surface area contributed by atoms with E-state index in [1.54, 1.807) is 0 Å². The second-order valence-electron chi connectivity index (χ2n) is 12.9. The van der Waals surface area contributed by atoms with E-state index >= 15 is 0 Å². The van der Waals surface area contributed by atoms with E-state index in [0.717, 1.165) is 55.5 Å². The first-order valence-electron chi connectivity index (χ1n) is 17.1. The highest BCUT2D eigenvalue weighted by atomic mass is 16.3. The van der Waals surface area contributed by atoms with Gasteiger partial charge in [0.2, 0.25) is 0 Å². The van der Waals surface area contributed by atoms with Crippen LogP contribution in [0, 0.1) is 0 Å². The molecule has 0 N–H and O–H groups in total. The molecule has 0 saturated heterocycles. The molecular formula is C48H31NO. The topological polar surface area (TPSA) is 16.4 Å². The van der Waals surface area contributed by atoms with Gasteiger partial charge in [0.15, 0.2) is 5.58 Å². The minimum atomic E-state index is 0.862. The van der Waals surface area contributed by atoms with E-state index in [4.69, 9.17) is 4.42 Å². The summed E-state index contributed by atoms with van der Waals surface area (Å²) in [5.41, 5.74) is 9.57. The number of hydrogen-bond donors (Lipinski definition) is 0. The van der Waals surface area contributed by atoms with Gasteiger partial charge in [0.25, 0.3) is 0 Å². The lowest BCUT2D eigenvalue weighted by molar-refractivity contribution is 0.673. The van der Waals surface area contributed by atoms with Gasteiger partial charge in [0.1, 0.15) is 5.58 Å². The normalized spacial score (nSPS) is 11.6. The van der Waals surface area contributed by atoms with Crippen LogP contribution < -0.4 is 4.90 Å². The zero-order valence-electron chi connectivity index (χ0n) is 27.3. The molecule has 0 aliphatic rings. The van der Waals surface area contributed by atoms with Gasteiger partial charge in [0.05, 0.1) is 5.69 Å². The van der Waals surface area contributed by atoms with Crippen molar-refractivity contribution in [3.63, 3.8) is 0 Å². The summed E-state index contributed by atoms with van der Waals surface area (Å²) < 4.78 is 7.16. The van der Waals surface area contributed by atoms with Crippen LogP contribution in [0.2, 0.25) is 0 Å². The Morgan fingerprint density at radius 3 is 1.58 bits per heavy atom. The molecule has 0 unspecified atom stereocenters. The minimum absolute atomic E-state index is 0.862. The van der Waals surface area contributed by atoms with Crippen molar-refractivity contribution in [1.82, 2.24) is 0 Å². The van der Waals surface area contributed by atoms with Crippen molar-refractivity contribution in [2.45, 2.75) is 0 Å². The zero-order chi connectivity index (χ0) is 33.0. The molecule has 0 spiro atoms. The van der Waals surface area contributed by atoms with Crippen molar-refractivity contribution in [1.29, 1.82) is 0 Å². The van der Waals surface area contributed by atoms with Gasteiger partial charge in [0, 0.05) is 27.5 Å². The SMILES string of the molecule is c1ccc(-c2ccc(N(c3ccc4ccccc4c3)c3cc(-c4ccccc4)cc4c3oc3c5ccccc5c5ccccc5c43)cc2)cc1. The van der Waals surface area contributed by atoms with Crippen molar-refractivity contribution in [3.8, 4) is 22.3 Å². The molecule has 0 bridgehead atoms. The number of furan rings is 1. The molecule has 10 aromatic rings. The molecule has 9 aromatic carbocycles. The van der Waals surface area contributed by atoms with Crippen LogP contribution in [-0.2, 0) is 0 Å². The fourth-order valence-corrected chi connectivity index (χ4v) is 7.63. The summed E-state index contributed by atoms with van der Waals surface area (Å²) in [6, 6.07) is 67.4. The van der Waals surface area contributed by atoms with E-state index in [1.165, 1.54) is 38.1 Å². The van der Waals surface area contributed by atoms with Crippen LogP contribution in [0.3, 0.4) is 0 Å². The van der Waals surface area contributed by atoms with Gasteiger partial charge < -0.3 is 9.32 Å². The second-order valence-corrected chi connectivity index (χ2v) is 12.9. The number of hydrogen-bond acceptors (Lipinski definition) is 2. The first-order valence-corrected chi connectivity index (χ1v) is 17.1. The molecule has 10 rings (SSSR count). The van der Waals surface area contributed by atoms with Crippen LogP contribution in [0.25, 0.3) is 76.5 Å². The van der Waals surface area contributed by atoms with Gasteiger partial charge in [-0.15, -0.1) is 0 Å². The van der Waals surface area contributed by atoms with Gasteiger partial charge in [-0.25, -0.2) is 0 Å². The molecule has 1 heterocycles. The molecule has 2 nitrogen and oxygen atoms in total. The molecule has 50 heavy (non-hydrogen) atoms. The van der Waals surface area contributed by atoms with E-state index in [1.807, 2.05) is 0 Å². The van der Waals surface area contributed by atoms with Gasteiger partial charge >= 0.3 is 0 Å². The number of anilines is 3. The third-order valence-electron chi connectivity index (χ3n) is 10.0. The maximum atomic E-state index is 7.16. The Morgan fingerprint density at radius 1 is 0.320 bits per heavy atom. The van der Waals surface area contributed by atoms with Crippen molar-refractivity contribution < 1.29 is 4.42 Å². The molecule has 0 radical (unpaired) electrons. The fourth-order valence-electron chi connectivity index (χ4n) is 7.63. The molecule has 2 heteroatoms. The van der Waals surface area contributed by atoms with Crippen LogP contribution in [-0.4, -0.2) is 0 Å². The van der Waals surface area contributed by atoms with Crippen LogP contribution in [0.15, 0.2) is 192 Å². The van der Waals surface area contributed by atoms with Crippen LogP contribution in [0.1, 0.15) is 0 Å². The Morgan fingerprint density at radius 2 is 0.860 bits per heavy atom. The van der Waals surface area contributed by atoms with E-state index < -0.39 is 0 Å². The predicted octanol–water partition coefficient (Wildman–Crippen LogP) is 13.8. The smallest absolute Gasteiger partial charge is 0.159 e.